The summed E-state index contributed by atoms with van der Waals surface area (Å²) in [5.74, 6) is -3.83. The van der Waals surface area contributed by atoms with E-state index in [1.807, 2.05) is 20.8 Å². The Morgan fingerprint density at radius 3 is 0.908 bits per heavy atom. The lowest BCUT2D eigenvalue weighted by Crippen LogP contribution is -2.49. The molecule has 0 aliphatic carbocycles. The lowest BCUT2D eigenvalue weighted by molar-refractivity contribution is -0.191. The summed E-state index contributed by atoms with van der Waals surface area (Å²) in [7, 11) is 3.57. The van der Waals surface area contributed by atoms with Crippen molar-refractivity contribution in [1.82, 2.24) is 4.90 Å². The average molecular weight is 928 g/mol. The maximum absolute atomic E-state index is 13.9. The molecule has 0 aromatic carbocycles. The van der Waals surface area contributed by atoms with Gasteiger partial charge in [-0.15, -0.1) is 0 Å². The van der Waals surface area contributed by atoms with Crippen LogP contribution in [0.4, 0.5) is 0 Å². The van der Waals surface area contributed by atoms with Gasteiger partial charge in [0.25, 0.3) is 0 Å². The number of carbonyl (C=O) groups is 7. The van der Waals surface area contributed by atoms with Gasteiger partial charge in [0, 0.05) is 25.8 Å². The van der Waals surface area contributed by atoms with E-state index in [-0.39, 0.29) is 44.1 Å². The van der Waals surface area contributed by atoms with Gasteiger partial charge in [0.05, 0.1) is 58.9 Å². The fourth-order valence-electron chi connectivity index (χ4n) is 6.61. The molecule has 0 aliphatic heterocycles. The summed E-state index contributed by atoms with van der Waals surface area (Å²) in [4.78, 5) is 90.7. The highest BCUT2D eigenvalue weighted by atomic mass is 16.6. The minimum atomic E-state index is -2.27. The van der Waals surface area contributed by atoms with Gasteiger partial charge >= 0.3 is 41.8 Å². The molecule has 0 bridgehead atoms. The summed E-state index contributed by atoms with van der Waals surface area (Å²) >= 11 is 0. The number of esters is 7. The summed E-state index contributed by atoms with van der Waals surface area (Å²) in [6.45, 7) is 7.81. The normalized spacial score (nSPS) is 11.2. The van der Waals surface area contributed by atoms with Gasteiger partial charge in [-0.05, 0) is 71.9 Å². The maximum Gasteiger partial charge on any atom is 0.351 e. The van der Waals surface area contributed by atoms with Gasteiger partial charge < -0.3 is 38.1 Å². The van der Waals surface area contributed by atoms with E-state index in [1.54, 1.807) is 19.0 Å². The predicted octanol–water partition coefficient (Wildman–Crippen LogP) is 9.85. The molecule has 0 radical (unpaired) electrons. The third-order valence-electron chi connectivity index (χ3n) is 10.7. The zero-order valence-electron chi connectivity index (χ0n) is 41.3. The van der Waals surface area contributed by atoms with Crippen LogP contribution in [0.25, 0.3) is 0 Å². The molecule has 0 fully saturated rings. The zero-order chi connectivity index (χ0) is 48.2. The van der Waals surface area contributed by atoms with Gasteiger partial charge in [-0.1, -0.05) is 117 Å². The first-order valence-electron chi connectivity index (χ1n) is 25.2. The number of nitrogens with zero attached hydrogens (tertiary/aromatic N) is 1. The van der Waals surface area contributed by atoms with Crippen LogP contribution in [0.1, 0.15) is 213 Å². The minimum absolute atomic E-state index is 0.00243. The molecular weight excluding hydrogens is 839 g/mol. The van der Waals surface area contributed by atoms with Gasteiger partial charge in [0.15, 0.2) is 0 Å². The lowest BCUT2D eigenvalue weighted by atomic mass is 9.94. The fraction of sp³-hybridized carbons (Fsp3) is 0.860. The topological polar surface area (TPSA) is 187 Å². The van der Waals surface area contributed by atoms with E-state index < -0.39 is 42.3 Å². The van der Waals surface area contributed by atoms with Crippen LogP contribution in [-0.4, -0.2) is 113 Å². The predicted molar refractivity (Wildman–Crippen MR) is 249 cm³/mol. The Bertz CT molecular complexity index is 1220. The molecule has 0 rings (SSSR count). The molecule has 65 heavy (non-hydrogen) atoms. The number of hydrogen-bond acceptors (Lipinski definition) is 15. The van der Waals surface area contributed by atoms with Crippen molar-refractivity contribution in [1.29, 1.82) is 0 Å². The van der Waals surface area contributed by atoms with Crippen LogP contribution >= 0.6 is 0 Å². The Morgan fingerprint density at radius 2 is 0.615 bits per heavy atom. The van der Waals surface area contributed by atoms with Gasteiger partial charge in [-0.25, -0.2) is 4.79 Å². The molecule has 0 saturated carbocycles. The highest BCUT2D eigenvalue weighted by Crippen LogP contribution is 2.27. The zero-order valence-corrected chi connectivity index (χ0v) is 41.3. The van der Waals surface area contributed by atoms with Crippen LogP contribution in [0.3, 0.4) is 0 Å². The highest BCUT2D eigenvalue weighted by Gasteiger charge is 2.49. The first-order chi connectivity index (χ1) is 31.4. The van der Waals surface area contributed by atoms with Crippen LogP contribution in [0.2, 0.25) is 0 Å². The lowest BCUT2D eigenvalue weighted by Gasteiger charge is -2.30. The average Bonchev–Trinajstić information content (AvgIpc) is 3.27. The third-order valence-corrected chi connectivity index (χ3v) is 10.7. The Hall–Kier alpha value is -3.75. The smallest absolute Gasteiger partial charge is 0.351 e. The summed E-state index contributed by atoms with van der Waals surface area (Å²) in [5.41, 5.74) is -2.27. The van der Waals surface area contributed by atoms with E-state index >= 15 is 0 Å². The number of unbranched alkanes of at least 4 members (excludes halogenated alkanes) is 18. The van der Waals surface area contributed by atoms with E-state index in [1.165, 1.54) is 0 Å². The number of ether oxygens (including phenoxy) is 7. The van der Waals surface area contributed by atoms with Crippen LogP contribution < -0.4 is 0 Å². The summed E-state index contributed by atoms with van der Waals surface area (Å²) in [5, 5.41) is 0. The first kappa shape index (κ1) is 61.2. The van der Waals surface area contributed by atoms with Crippen molar-refractivity contribution in [3.63, 3.8) is 0 Å². The van der Waals surface area contributed by atoms with Crippen LogP contribution in [0.5, 0.6) is 0 Å². The van der Waals surface area contributed by atoms with Gasteiger partial charge in [0.2, 0.25) is 5.60 Å². The molecule has 0 saturated heterocycles. The molecule has 0 amide bonds. The Labute approximate surface area is 391 Å². The Balaban J connectivity index is 5.32. The maximum atomic E-state index is 13.9. The van der Waals surface area contributed by atoms with Gasteiger partial charge in [-0.3, -0.25) is 28.8 Å². The molecule has 0 unspecified atom stereocenters. The monoisotopic (exact) mass is 928 g/mol. The molecule has 15 heteroatoms. The van der Waals surface area contributed by atoms with Crippen molar-refractivity contribution in [2.75, 3.05) is 60.3 Å². The Kier molecular flexibility index (Phi) is 40.4. The van der Waals surface area contributed by atoms with Crippen LogP contribution in [0, 0.1) is 0 Å². The van der Waals surface area contributed by atoms with E-state index in [2.05, 4.69) is 0 Å². The van der Waals surface area contributed by atoms with E-state index in [0.717, 1.165) is 135 Å². The van der Waals surface area contributed by atoms with Crippen molar-refractivity contribution in [3.05, 3.63) is 0 Å². The molecule has 0 aliphatic rings. The van der Waals surface area contributed by atoms with E-state index in [0.29, 0.717) is 64.9 Å². The third kappa shape index (κ3) is 38.1. The van der Waals surface area contributed by atoms with Gasteiger partial charge in [-0.2, -0.15) is 0 Å². The van der Waals surface area contributed by atoms with Crippen LogP contribution in [0.15, 0.2) is 0 Å². The summed E-state index contributed by atoms with van der Waals surface area (Å²) < 4.78 is 38.2. The Morgan fingerprint density at radius 1 is 0.338 bits per heavy atom. The molecule has 0 aromatic heterocycles. The number of carbonyl (C=O) groups excluding carboxylic acids is 7. The van der Waals surface area contributed by atoms with Crippen molar-refractivity contribution in [2.24, 2.45) is 0 Å². The standard InChI is InChI=1S/C50H89NO14/c1-6-9-30-43(52)59-35-24-18-12-14-21-27-38-62-47(56)41-50(65-46(55)33-34-51(4)5,49(58)64-40-29-23-17-16-20-26-37-61-45(54)32-11-8-3)42-48(57)63-39-28-22-15-13-19-25-36-60-44(53)31-10-7-2/h6-42H2,1-5H3. The largest absolute Gasteiger partial charge is 0.466 e. The van der Waals surface area contributed by atoms with Crippen molar-refractivity contribution >= 4 is 41.8 Å². The quantitative estimate of drug-likeness (QED) is 0.0319. The summed E-state index contributed by atoms with van der Waals surface area (Å²) in [6, 6.07) is 0. The number of hydrogen-bond donors (Lipinski definition) is 0. The number of rotatable bonds is 45. The highest BCUT2D eigenvalue weighted by molar-refractivity contribution is 5.92. The summed E-state index contributed by atoms with van der Waals surface area (Å²) in [6.07, 6.45) is 19.8. The second kappa shape index (κ2) is 42.9. The van der Waals surface area contributed by atoms with Crippen LogP contribution in [-0.2, 0) is 66.7 Å². The molecular formula is C50H89NO14. The fourth-order valence-corrected chi connectivity index (χ4v) is 6.61. The second-order valence-corrected chi connectivity index (χ2v) is 17.3. The van der Waals surface area contributed by atoms with E-state index in [9.17, 15) is 33.6 Å². The molecule has 378 valence electrons. The van der Waals surface area contributed by atoms with Crippen molar-refractivity contribution < 1.29 is 66.7 Å². The second-order valence-electron chi connectivity index (χ2n) is 17.3. The van der Waals surface area contributed by atoms with Crippen molar-refractivity contribution in [3.8, 4) is 0 Å². The first-order valence-corrected chi connectivity index (χ1v) is 25.2. The molecule has 0 N–H and O–H groups in total. The van der Waals surface area contributed by atoms with Crippen molar-refractivity contribution in [2.45, 2.75) is 219 Å². The molecule has 0 atom stereocenters. The molecule has 0 spiro atoms. The molecule has 0 heterocycles. The molecule has 0 aromatic rings. The SMILES string of the molecule is CCCCC(=O)OCCCCCCCCOC(=O)CC(CC(=O)OCCCCCCCCOC(=O)CCCC)(OC(=O)CCN(C)C)C(=O)OCCCCCCCCOC(=O)CCCC. The minimum Gasteiger partial charge on any atom is -0.466 e. The van der Waals surface area contributed by atoms with E-state index in [4.69, 9.17) is 33.2 Å². The molecule has 15 nitrogen and oxygen atoms in total. The van der Waals surface area contributed by atoms with Gasteiger partial charge in [0.1, 0.15) is 0 Å².